The molecule has 188 valence electrons. The van der Waals surface area contributed by atoms with E-state index < -0.39 is 30.4 Å². The second-order valence-electron chi connectivity index (χ2n) is 9.83. The predicted octanol–water partition coefficient (Wildman–Crippen LogP) is 5.66. The lowest BCUT2D eigenvalue weighted by Crippen LogP contribution is -2.22. The summed E-state index contributed by atoms with van der Waals surface area (Å²) in [5.74, 6) is -0.583. The third kappa shape index (κ3) is 7.19. The molecule has 1 fully saturated rings. The smallest absolute Gasteiger partial charge is 0.416 e. The lowest BCUT2D eigenvalue weighted by Gasteiger charge is -2.16. The Balaban J connectivity index is 1.92. The number of halogens is 4. The van der Waals surface area contributed by atoms with Gasteiger partial charge in [-0.15, -0.1) is 0 Å². The first-order valence-corrected chi connectivity index (χ1v) is 11.3. The van der Waals surface area contributed by atoms with Crippen LogP contribution in [-0.2, 0) is 23.9 Å². The van der Waals surface area contributed by atoms with E-state index in [1.54, 1.807) is 10.7 Å². The lowest BCUT2D eigenvalue weighted by atomic mass is 9.91. The number of carbonyl (C=O) groups is 1. The number of hydrogen-bond acceptors (Lipinski definition) is 4. The van der Waals surface area contributed by atoms with Gasteiger partial charge in [-0.05, 0) is 49.8 Å². The summed E-state index contributed by atoms with van der Waals surface area (Å²) in [5.41, 5.74) is -0.653. The predicted molar refractivity (Wildman–Crippen MR) is 120 cm³/mol. The first kappa shape index (κ1) is 26.0. The highest BCUT2D eigenvalue weighted by Gasteiger charge is 2.32. The molecular weight excluding hydrogens is 454 g/mol. The highest BCUT2D eigenvalue weighted by molar-refractivity contribution is 6.06. The maximum atomic E-state index is 13.3. The minimum Gasteiger partial charge on any atom is -0.490 e. The van der Waals surface area contributed by atoms with Gasteiger partial charge >= 0.3 is 6.18 Å². The summed E-state index contributed by atoms with van der Waals surface area (Å²) in [6, 6.07) is 4.27. The van der Waals surface area contributed by atoms with Crippen LogP contribution in [0.2, 0.25) is 0 Å². The Labute approximate surface area is 196 Å². The molecule has 2 aromatic rings. The molecule has 1 amide bonds. The molecule has 1 saturated heterocycles. The van der Waals surface area contributed by atoms with Gasteiger partial charge in [0.2, 0.25) is 0 Å². The van der Waals surface area contributed by atoms with E-state index in [0.29, 0.717) is 31.5 Å². The van der Waals surface area contributed by atoms with Crippen molar-refractivity contribution in [1.82, 2.24) is 9.78 Å². The first-order chi connectivity index (χ1) is 15.8. The normalized spacial score (nSPS) is 17.6. The van der Waals surface area contributed by atoms with Gasteiger partial charge in [0.05, 0.1) is 29.5 Å². The fourth-order valence-corrected chi connectivity index (χ4v) is 3.72. The number of anilines is 1. The third-order valence-electron chi connectivity index (χ3n) is 5.20. The fourth-order valence-electron chi connectivity index (χ4n) is 3.72. The number of carbonyl (C=O) groups excluding carboxylic acids is 1. The molecule has 0 bridgehead atoms. The average Bonchev–Trinajstić information content (AvgIpc) is 3.34. The molecule has 10 heteroatoms. The number of hydrogen-bond donors (Lipinski definition) is 1. The summed E-state index contributed by atoms with van der Waals surface area (Å²) in [4.78, 5) is 13.1. The van der Waals surface area contributed by atoms with Gasteiger partial charge in [-0.3, -0.25) is 4.79 Å². The van der Waals surface area contributed by atoms with E-state index in [1.807, 2.05) is 0 Å². The summed E-state index contributed by atoms with van der Waals surface area (Å²) >= 11 is 0. The van der Waals surface area contributed by atoms with Crippen LogP contribution in [0.3, 0.4) is 0 Å². The lowest BCUT2D eigenvalue weighted by molar-refractivity contribution is -0.137. The van der Waals surface area contributed by atoms with Crippen LogP contribution in [0.15, 0.2) is 24.3 Å². The van der Waals surface area contributed by atoms with E-state index in [9.17, 15) is 22.4 Å². The molecule has 34 heavy (non-hydrogen) atoms. The molecule has 0 saturated carbocycles. The maximum absolute atomic E-state index is 13.3. The number of rotatable bonds is 8. The Bertz CT molecular complexity index is 990. The van der Waals surface area contributed by atoms with Crippen molar-refractivity contribution in [3.8, 4) is 5.75 Å². The molecule has 1 aliphatic heterocycles. The van der Waals surface area contributed by atoms with Crippen LogP contribution in [-0.4, -0.2) is 41.2 Å². The summed E-state index contributed by atoms with van der Waals surface area (Å²) in [6.07, 6.45) is -3.64. The van der Waals surface area contributed by atoms with Gasteiger partial charge in [-0.2, -0.15) is 18.3 Å². The quantitative estimate of drug-likeness (QED) is 0.490. The monoisotopic (exact) mass is 485 g/mol. The van der Waals surface area contributed by atoms with E-state index in [1.165, 1.54) is 6.92 Å². The van der Waals surface area contributed by atoms with Crippen LogP contribution in [0.1, 0.15) is 62.2 Å². The van der Waals surface area contributed by atoms with Crippen LogP contribution in [0.5, 0.6) is 5.75 Å². The highest BCUT2D eigenvalue weighted by Crippen LogP contribution is 2.33. The number of benzene rings is 1. The average molecular weight is 486 g/mol. The molecule has 0 aliphatic carbocycles. The maximum Gasteiger partial charge on any atom is 0.416 e. The molecule has 6 nitrogen and oxygen atoms in total. The molecule has 1 N–H and O–H groups in total. The zero-order valence-electron chi connectivity index (χ0n) is 19.8. The number of ether oxygens (including phenoxy) is 2. The molecule has 1 aliphatic rings. The Morgan fingerprint density at radius 2 is 2.03 bits per heavy atom. The van der Waals surface area contributed by atoms with Crippen molar-refractivity contribution in [2.24, 2.45) is 5.41 Å². The standard InChI is InChI=1S/C24H31F4N3O3/c1-15(25)14-34-20-8-7-16(24(26,27)28)10-19(20)22(32)29-21-11-17(12-23(2,3)4)30-31(21)13-18-6-5-9-33-18/h7-8,10-11,15,18H,5-6,9,12-14H2,1-4H3,(H,29,32)/t15?,18-/m1/s1. The van der Waals surface area contributed by atoms with E-state index >= 15 is 0 Å². The second-order valence-corrected chi connectivity index (χ2v) is 9.83. The van der Waals surface area contributed by atoms with Crippen LogP contribution >= 0.6 is 0 Å². The molecule has 1 unspecified atom stereocenters. The van der Waals surface area contributed by atoms with E-state index in [4.69, 9.17) is 9.47 Å². The number of aromatic nitrogens is 2. The topological polar surface area (TPSA) is 65.4 Å². The first-order valence-electron chi connectivity index (χ1n) is 11.3. The van der Waals surface area contributed by atoms with Crippen LogP contribution in [0.4, 0.5) is 23.4 Å². The molecule has 3 rings (SSSR count). The summed E-state index contributed by atoms with van der Waals surface area (Å²) < 4.78 is 65.8. The van der Waals surface area contributed by atoms with Crippen LogP contribution in [0, 0.1) is 5.41 Å². The largest absolute Gasteiger partial charge is 0.490 e. The SMILES string of the molecule is CC(F)COc1ccc(C(F)(F)F)cc1C(=O)Nc1cc(CC(C)(C)C)nn1C[C@H]1CCCO1. The minimum absolute atomic E-state index is 0.0588. The van der Waals surface area contributed by atoms with Gasteiger partial charge in [0, 0.05) is 12.7 Å². The number of amides is 1. The molecule has 1 aromatic carbocycles. The third-order valence-corrected chi connectivity index (χ3v) is 5.20. The van der Waals surface area contributed by atoms with Crippen molar-refractivity contribution in [2.75, 3.05) is 18.5 Å². The fraction of sp³-hybridized carbons (Fsp3) is 0.583. The van der Waals surface area contributed by atoms with Crippen molar-refractivity contribution in [3.05, 3.63) is 41.1 Å². The van der Waals surface area contributed by atoms with Gasteiger partial charge in [-0.25, -0.2) is 9.07 Å². The number of nitrogens with one attached hydrogen (secondary N) is 1. The summed E-state index contributed by atoms with van der Waals surface area (Å²) in [7, 11) is 0. The second kappa shape index (κ2) is 10.3. The molecule has 2 heterocycles. The summed E-state index contributed by atoms with van der Waals surface area (Å²) in [6.45, 7) is 8.10. The Morgan fingerprint density at radius 1 is 1.29 bits per heavy atom. The molecular formula is C24H31F4N3O3. The zero-order chi connectivity index (χ0) is 25.1. The van der Waals surface area contributed by atoms with Crippen molar-refractivity contribution in [2.45, 2.75) is 72.0 Å². The molecule has 1 aromatic heterocycles. The van der Waals surface area contributed by atoms with Crippen LogP contribution in [0.25, 0.3) is 0 Å². The Hall–Kier alpha value is -2.62. The van der Waals surface area contributed by atoms with Crippen molar-refractivity contribution >= 4 is 11.7 Å². The number of nitrogens with zero attached hydrogens (tertiary/aromatic N) is 2. The van der Waals surface area contributed by atoms with E-state index in [0.717, 1.165) is 30.7 Å². The van der Waals surface area contributed by atoms with Crippen molar-refractivity contribution < 1.29 is 31.8 Å². The van der Waals surface area contributed by atoms with Gasteiger partial charge in [0.15, 0.2) is 0 Å². The summed E-state index contributed by atoms with van der Waals surface area (Å²) in [5, 5.41) is 7.28. The van der Waals surface area contributed by atoms with Crippen LogP contribution < -0.4 is 10.1 Å². The molecule has 0 spiro atoms. The van der Waals surface area contributed by atoms with Crippen molar-refractivity contribution in [1.29, 1.82) is 0 Å². The van der Waals surface area contributed by atoms with E-state index in [-0.39, 0.29) is 22.8 Å². The van der Waals surface area contributed by atoms with E-state index in [2.05, 4.69) is 31.2 Å². The van der Waals surface area contributed by atoms with Gasteiger partial charge in [0.25, 0.3) is 5.91 Å². The van der Waals surface area contributed by atoms with Crippen molar-refractivity contribution in [3.63, 3.8) is 0 Å². The molecule has 0 radical (unpaired) electrons. The molecule has 2 atom stereocenters. The minimum atomic E-state index is -4.65. The Kier molecular flexibility index (Phi) is 7.90. The van der Waals surface area contributed by atoms with Gasteiger partial charge in [0.1, 0.15) is 24.3 Å². The highest BCUT2D eigenvalue weighted by atomic mass is 19.4. The Morgan fingerprint density at radius 3 is 2.62 bits per heavy atom. The van der Waals surface area contributed by atoms with Gasteiger partial charge < -0.3 is 14.8 Å². The van der Waals surface area contributed by atoms with Gasteiger partial charge in [-0.1, -0.05) is 20.8 Å². The zero-order valence-corrected chi connectivity index (χ0v) is 19.8. The number of alkyl halides is 4.